The molecule has 0 fully saturated rings. The first kappa shape index (κ1) is 18.7. The van der Waals surface area contributed by atoms with Crippen molar-refractivity contribution in [2.75, 3.05) is 0 Å². The van der Waals surface area contributed by atoms with Gasteiger partial charge in [-0.05, 0) is 66.7 Å². The molecule has 0 amide bonds. The zero-order valence-corrected chi connectivity index (χ0v) is 17.1. The molecule has 2 aromatic heterocycles. The minimum Gasteiger partial charge on any atom is -0.455 e. The number of aromatic nitrogens is 1. The second-order valence-corrected chi connectivity index (χ2v) is 7.46. The van der Waals surface area contributed by atoms with E-state index >= 15 is 0 Å². The average molecular weight is 433 g/mol. The molecule has 6 heteroatoms. The monoisotopic (exact) mass is 432 g/mol. The van der Waals surface area contributed by atoms with Gasteiger partial charge in [-0.15, -0.1) is 0 Å². The molecule has 146 valence electrons. The third-order valence-corrected chi connectivity index (χ3v) is 5.12. The molecule has 5 aromatic rings. The third kappa shape index (κ3) is 3.75. The molecule has 2 heterocycles. The lowest BCUT2D eigenvalue weighted by molar-refractivity contribution is 0.575. The Kier molecular flexibility index (Phi) is 4.87. The summed E-state index contributed by atoms with van der Waals surface area (Å²) < 4.78 is 11.6. The summed E-state index contributed by atoms with van der Waals surface area (Å²) in [6.45, 7) is 0. The largest absolute Gasteiger partial charge is 0.455 e. The topological polar surface area (TPSA) is 51.5 Å². The van der Waals surface area contributed by atoms with Crippen LogP contribution in [0.1, 0.15) is 5.76 Å². The molecule has 0 unspecified atom stereocenters. The van der Waals surface area contributed by atoms with Gasteiger partial charge in [0.05, 0.1) is 16.9 Å². The molecular formula is C24H14Cl2N2O2. The summed E-state index contributed by atoms with van der Waals surface area (Å²) in [5.74, 6) is 1.87. The van der Waals surface area contributed by atoms with Gasteiger partial charge >= 0.3 is 0 Å². The zero-order valence-electron chi connectivity index (χ0n) is 15.5. The Morgan fingerprint density at radius 1 is 0.833 bits per heavy atom. The standard InChI is InChI=1S/C24H14Cl2N2O2/c25-16-7-11-19(20(26)13-16)22-12-10-18(29-22)14-27-17-8-5-15(6-9-17)24-28-21-3-1-2-4-23(21)30-24/h1-14H. The van der Waals surface area contributed by atoms with Crippen LogP contribution in [0.25, 0.3) is 33.9 Å². The van der Waals surface area contributed by atoms with Crippen LogP contribution in [0.15, 0.2) is 92.7 Å². The van der Waals surface area contributed by atoms with Crippen LogP contribution in [0.2, 0.25) is 10.0 Å². The molecular weight excluding hydrogens is 419 g/mol. The molecule has 0 aliphatic rings. The molecule has 0 aliphatic carbocycles. The molecule has 0 N–H and O–H groups in total. The number of furan rings is 1. The van der Waals surface area contributed by atoms with E-state index in [2.05, 4.69) is 9.98 Å². The Bertz CT molecular complexity index is 1330. The quantitative estimate of drug-likeness (QED) is 0.272. The van der Waals surface area contributed by atoms with Crippen molar-refractivity contribution in [2.24, 2.45) is 4.99 Å². The smallest absolute Gasteiger partial charge is 0.227 e. The number of oxazole rings is 1. The molecule has 3 aromatic carbocycles. The lowest BCUT2D eigenvalue weighted by Gasteiger charge is -2.00. The highest BCUT2D eigenvalue weighted by molar-refractivity contribution is 6.36. The summed E-state index contributed by atoms with van der Waals surface area (Å²) in [5, 5.41) is 1.12. The summed E-state index contributed by atoms with van der Waals surface area (Å²) >= 11 is 12.2. The van der Waals surface area contributed by atoms with E-state index in [9.17, 15) is 0 Å². The Morgan fingerprint density at radius 2 is 1.67 bits per heavy atom. The van der Waals surface area contributed by atoms with Crippen molar-refractivity contribution in [3.8, 4) is 22.8 Å². The van der Waals surface area contributed by atoms with E-state index in [1.807, 2.05) is 66.7 Å². The summed E-state index contributed by atoms with van der Waals surface area (Å²) in [6, 6.07) is 24.3. The van der Waals surface area contributed by atoms with Crippen molar-refractivity contribution in [3.05, 3.63) is 94.7 Å². The van der Waals surface area contributed by atoms with Gasteiger partial charge in [0.15, 0.2) is 5.58 Å². The number of fused-ring (bicyclic) bond motifs is 1. The third-order valence-electron chi connectivity index (χ3n) is 4.57. The van der Waals surface area contributed by atoms with Crippen molar-refractivity contribution < 1.29 is 8.83 Å². The van der Waals surface area contributed by atoms with Gasteiger partial charge in [0.25, 0.3) is 0 Å². The Labute approximate surface area is 182 Å². The van der Waals surface area contributed by atoms with Crippen LogP contribution < -0.4 is 0 Å². The molecule has 30 heavy (non-hydrogen) atoms. The molecule has 0 bridgehead atoms. The van der Waals surface area contributed by atoms with Crippen molar-refractivity contribution in [1.82, 2.24) is 4.98 Å². The average Bonchev–Trinajstić information content (AvgIpc) is 3.40. The van der Waals surface area contributed by atoms with E-state index in [0.717, 1.165) is 27.9 Å². The van der Waals surface area contributed by atoms with Crippen molar-refractivity contribution in [1.29, 1.82) is 0 Å². The lowest BCUT2D eigenvalue weighted by atomic mass is 10.2. The Hall–Kier alpha value is -3.34. The Morgan fingerprint density at radius 3 is 2.47 bits per heavy atom. The fraction of sp³-hybridized carbons (Fsp3) is 0. The number of aliphatic imine (C=N–C) groups is 1. The molecule has 0 atom stereocenters. The van der Waals surface area contributed by atoms with Gasteiger partial charge in [-0.25, -0.2) is 4.98 Å². The highest BCUT2D eigenvalue weighted by Gasteiger charge is 2.09. The van der Waals surface area contributed by atoms with Crippen LogP contribution in [-0.4, -0.2) is 11.2 Å². The van der Waals surface area contributed by atoms with Crippen molar-refractivity contribution >= 4 is 46.2 Å². The SMILES string of the molecule is Clc1ccc(-c2ccc(C=Nc3ccc(-c4nc5ccccc5o4)cc3)o2)c(Cl)c1. The van der Waals surface area contributed by atoms with Crippen LogP contribution in [0.4, 0.5) is 5.69 Å². The lowest BCUT2D eigenvalue weighted by Crippen LogP contribution is -1.78. The number of rotatable bonds is 4. The molecule has 0 saturated heterocycles. The zero-order chi connectivity index (χ0) is 20.5. The molecule has 0 saturated carbocycles. The minimum atomic E-state index is 0.537. The number of halogens is 2. The number of nitrogens with zero attached hydrogens (tertiary/aromatic N) is 2. The van der Waals surface area contributed by atoms with Crippen molar-refractivity contribution in [3.63, 3.8) is 0 Å². The van der Waals surface area contributed by atoms with Gasteiger partial charge in [0.2, 0.25) is 5.89 Å². The first-order valence-corrected chi connectivity index (χ1v) is 9.97. The summed E-state index contributed by atoms with van der Waals surface area (Å²) in [7, 11) is 0. The number of hydrogen-bond donors (Lipinski definition) is 0. The van der Waals surface area contributed by atoms with Crippen LogP contribution in [0, 0.1) is 0 Å². The van der Waals surface area contributed by atoms with E-state index in [4.69, 9.17) is 32.0 Å². The maximum atomic E-state index is 6.25. The van der Waals surface area contributed by atoms with Crippen LogP contribution in [0.5, 0.6) is 0 Å². The number of hydrogen-bond acceptors (Lipinski definition) is 4. The van der Waals surface area contributed by atoms with Crippen LogP contribution in [0.3, 0.4) is 0 Å². The maximum absolute atomic E-state index is 6.25. The van der Waals surface area contributed by atoms with Gasteiger partial charge < -0.3 is 8.83 Å². The molecule has 0 radical (unpaired) electrons. The van der Waals surface area contributed by atoms with E-state index in [-0.39, 0.29) is 0 Å². The van der Waals surface area contributed by atoms with Gasteiger partial charge in [-0.1, -0.05) is 35.3 Å². The predicted octanol–water partition coefficient (Wildman–Crippen LogP) is 7.81. The fourth-order valence-corrected chi connectivity index (χ4v) is 3.58. The van der Waals surface area contributed by atoms with Gasteiger partial charge in [-0.2, -0.15) is 0 Å². The highest BCUT2D eigenvalue weighted by Crippen LogP contribution is 2.31. The number of para-hydroxylation sites is 2. The van der Waals surface area contributed by atoms with E-state index in [1.54, 1.807) is 18.3 Å². The first-order chi connectivity index (χ1) is 14.7. The highest BCUT2D eigenvalue weighted by atomic mass is 35.5. The van der Waals surface area contributed by atoms with Gasteiger partial charge in [-0.3, -0.25) is 4.99 Å². The summed E-state index contributed by atoms with van der Waals surface area (Å²) in [6.07, 6.45) is 1.67. The van der Waals surface area contributed by atoms with Crippen molar-refractivity contribution in [2.45, 2.75) is 0 Å². The summed E-state index contributed by atoms with van der Waals surface area (Å²) in [4.78, 5) is 8.98. The predicted molar refractivity (Wildman–Crippen MR) is 121 cm³/mol. The molecule has 0 aliphatic heterocycles. The van der Waals surface area contributed by atoms with E-state index < -0.39 is 0 Å². The van der Waals surface area contributed by atoms with Gasteiger partial charge in [0.1, 0.15) is 17.0 Å². The van der Waals surface area contributed by atoms with Crippen LogP contribution >= 0.6 is 23.2 Å². The molecule has 0 spiro atoms. The maximum Gasteiger partial charge on any atom is 0.227 e. The first-order valence-electron chi connectivity index (χ1n) is 9.21. The second-order valence-electron chi connectivity index (χ2n) is 6.62. The Balaban J connectivity index is 1.34. The van der Waals surface area contributed by atoms with Gasteiger partial charge in [0, 0.05) is 16.1 Å². The van der Waals surface area contributed by atoms with Crippen LogP contribution in [-0.2, 0) is 0 Å². The second kappa shape index (κ2) is 7.82. The van der Waals surface area contributed by atoms with E-state index in [1.165, 1.54) is 0 Å². The number of benzene rings is 3. The normalized spacial score (nSPS) is 11.5. The molecule has 4 nitrogen and oxygen atoms in total. The summed E-state index contributed by atoms with van der Waals surface area (Å²) in [5.41, 5.74) is 4.07. The molecule has 5 rings (SSSR count). The fourth-order valence-electron chi connectivity index (χ4n) is 3.08. The minimum absolute atomic E-state index is 0.537. The van der Waals surface area contributed by atoms with E-state index in [0.29, 0.717) is 27.5 Å².